The van der Waals surface area contributed by atoms with E-state index < -0.39 is 5.60 Å². The number of aliphatic hydroxyl groups is 1. The molecule has 1 fully saturated rings. The third-order valence-electron chi connectivity index (χ3n) is 3.44. The van der Waals surface area contributed by atoms with Gasteiger partial charge >= 0.3 is 5.97 Å². The molecule has 0 atom stereocenters. The van der Waals surface area contributed by atoms with Crippen LogP contribution in [0, 0.1) is 0 Å². The number of rotatable bonds is 3. The highest BCUT2D eigenvalue weighted by Gasteiger charge is 2.21. The molecule has 0 amide bonds. The van der Waals surface area contributed by atoms with Crippen molar-refractivity contribution in [3.8, 4) is 5.75 Å². The molecule has 116 valence electrons. The van der Waals surface area contributed by atoms with E-state index in [4.69, 9.17) is 9.47 Å². The van der Waals surface area contributed by atoms with E-state index in [2.05, 4.69) is 0 Å². The zero-order chi connectivity index (χ0) is 15.5. The monoisotopic (exact) mass is 292 g/mol. The smallest absolute Gasteiger partial charge is 0.338 e. The van der Waals surface area contributed by atoms with Crippen LogP contribution in [0.25, 0.3) is 0 Å². The van der Waals surface area contributed by atoms with Crippen LogP contribution < -0.4 is 4.74 Å². The highest BCUT2D eigenvalue weighted by molar-refractivity contribution is 5.89. The van der Waals surface area contributed by atoms with Gasteiger partial charge in [-0.3, -0.25) is 0 Å². The predicted octanol–water partition coefficient (Wildman–Crippen LogP) is 3.32. The third-order valence-corrected chi connectivity index (χ3v) is 3.44. The molecular weight excluding hydrogens is 268 g/mol. The standard InChI is InChI=1S/C17H24O4/c1-17(2,3)21-16(19)12-4-8-14(9-5-12)20-15-10-6-13(18)7-11-15/h4-5,8-9,13,15,18H,6-7,10-11H2,1-3H3. The van der Waals surface area contributed by atoms with Crippen molar-refractivity contribution >= 4 is 5.97 Å². The molecule has 0 radical (unpaired) electrons. The van der Waals surface area contributed by atoms with Crippen LogP contribution in [0.4, 0.5) is 0 Å². The van der Waals surface area contributed by atoms with Gasteiger partial charge in [-0.2, -0.15) is 0 Å². The summed E-state index contributed by atoms with van der Waals surface area (Å²) in [6.07, 6.45) is 3.30. The first-order valence-corrected chi connectivity index (χ1v) is 7.51. The van der Waals surface area contributed by atoms with E-state index in [-0.39, 0.29) is 18.2 Å². The largest absolute Gasteiger partial charge is 0.490 e. The lowest BCUT2D eigenvalue weighted by molar-refractivity contribution is 0.00694. The molecule has 4 heteroatoms. The number of hydrogen-bond donors (Lipinski definition) is 1. The second-order valence-corrected chi connectivity index (χ2v) is 6.57. The molecule has 0 aromatic heterocycles. The van der Waals surface area contributed by atoms with Gasteiger partial charge in [0.05, 0.1) is 17.8 Å². The van der Waals surface area contributed by atoms with Gasteiger partial charge in [0.1, 0.15) is 11.4 Å². The van der Waals surface area contributed by atoms with Crippen molar-refractivity contribution in [3.05, 3.63) is 29.8 Å². The Morgan fingerprint density at radius 2 is 1.67 bits per heavy atom. The molecule has 0 bridgehead atoms. The summed E-state index contributed by atoms with van der Waals surface area (Å²) in [6.45, 7) is 5.54. The quantitative estimate of drug-likeness (QED) is 0.868. The molecule has 21 heavy (non-hydrogen) atoms. The summed E-state index contributed by atoms with van der Waals surface area (Å²) in [7, 11) is 0. The average Bonchev–Trinajstić information content (AvgIpc) is 2.40. The fourth-order valence-electron chi connectivity index (χ4n) is 2.36. The van der Waals surface area contributed by atoms with Crippen LogP contribution in [0.15, 0.2) is 24.3 Å². The SMILES string of the molecule is CC(C)(C)OC(=O)c1ccc(OC2CCC(O)CC2)cc1. The van der Waals surface area contributed by atoms with E-state index in [9.17, 15) is 9.90 Å². The van der Waals surface area contributed by atoms with Crippen LogP contribution in [0.1, 0.15) is 56.8 Å². The second-order valence-electron chi connectivity index (χ2n) is 6.57. The van der Waals surface area contributed by atoms with Gasteiger partial charge in [-0.1, -0.05) is 0 Å². The fourth-order valence-corrected chi connectivity index (χ4v) is 2.36. The minimum absolute atomic E-state index is 0.153. The molecule has 1 N–H and O–H groups in total. The Bertz CT molecular complexity index is 465. The van der Waals surface area contributed by atoms with Crippen molar-refractivity contribution in [2.75, 3.05) is 0 Å². The molecule has 1 aromatic carbocycles. The normalized spacial score (nSPS) is 22.7. The Balaban J connectivity index is 1.91. The van der Waals surface area contributed by atoms with Crippen molar-refractivity contribution in [3.63, 3.8) is 0 Å². The molecule has 4 nitrogen and oxygen atoms in total. The highest BCUT2D eigenvalue weighted by atomic mass is 16.6. The minimum atomic E-state index is -0.491. The van der Waals surface area contributed by atoms with Crippen LogP contribution in [0.5, 0.6) is 5.75 Å². The number of carbonyl (C=O) groups excluding carboxylic acids is 1. The molecular formula is C17H24O4. The van der Waals surface area contributed by atoms with Crippen LogP contribution in [-0.4, -0.2) is 28.9 Å². The summed E-state index contributed by atoms with van der Waals surface area (Å²) < 4.78 is 11.2. The van der Waals surface area contributed by atoms with Gasteiger partial charge in [0.2, 0.25) is 0 Å². The van der Waals surface area contributed by atoms with Crippen LogP contribution in [0.2, 0.25) is 0 Å². The number of aliphatic hydroxyl groups excluding tert-OH is 1. The Kier molecular flexibility index (Phi) is 4.88. The Labute approximate surface area is 126 Å². The van der Waals surface area contributed by atoms with Crippen LogP contribution in [-0.2, 0) is 4.74 Å². The fraction of sp³-hybridized carbons (Fsp3) is 0.588. The van der Waals surface area contributed by atoms with Gasteiger partial charge in [0.25, 0.3) is 0 Å². The lowest BCUT2D eigenvalue weighted by Gasteiger charge is -2.26. The lowest BCUT2D eigenvalue weighted by atomic mass is 9.95. The molecule has 0 unspecified atom stereocenters. The lowest BCUT2D eigenvalue weighted by Crippen LogP contribution is -2.26. The third kappa shape index (κ3) is 5.05. The number of benzene rings is 1. The van der Waals surface area contributed by atoms with E-state index in [0.717, 1.165) is 31.4 Å². The Hall–Kier alpha value is -1.55. The molecule has 1 aliphatic rings. The van der Waals surface area contributed by atoms with Gasteiger partial charge in [-0.05, 0) is 70.7 Å². The zero-order valence-electron chi connectivity index (χ0n) is 13.0. The summed E-state index contributed by atoms with van der Waals surface area (Å²) in [6, 6.07) is 7.04. The number of esters is 1. The van der Waals surface area contributed by atoms with Gasteiger partial charge in [0.15, 0.2) is 0 Å². The number of hydrogen-bond acceptors (Lipinski definition) is 4. The first kappa shape index (κ1) is 15.8. The first-order chi connectivity index (χ1) is 9.83. The summed E-state index contributed by atoms with van der Waals surface area (Å²) in [4.78, 5) is 11.9. The van der Waals surface area contributed by atoms with Gasteiger partial charge in [-0.15, -0.1) is 0 Å². The van der Waals surface area contributed by atoms with E-state index in [0.29, 0.717) is 5.56 Å². The van der Waals surface area contributed by atoms with Crippen molar-refractivity contribution in [2.24, 2.45) is 0 Å². The van der Waals surface area contributed by atoms with Crippen molar-refractivity contribution in [1.82, 2.24) is 0 Å². The summed E-state index contributed by atoms with van der Waals surface area (Å²) in [5, 5.41) is 9.48. The molecule has 1 aliphatic carbocycles. The molecule has 0 saturated heterocycles. The molecule has 0 heterocycles. The maximum atomic E-state index is 11.9. The average molecular weight is 292 g/mol. The van der Waals surface area contributed by atoms with Gasteiger partial charge in [-0.25, -0.2) is 4.79 Å². The number of ether oxygens (including phenoxy) is 2. The maximum absolute atomic E-state index is 11.9. The van der Waals surface area contributed by atoms with E-state index in [1.807, 2.05) is 20.8 Å². The van der Waals surface area contributed by atoms with Crippen LogP contribution >= 0.6 is 0 Å². The Morgan fingerprint density at radius 1 is 1.10 bits per heavy atom. The van der Waals surface area contributed by atoms with Crippen molar-refractivity contribution in [2.45, 2.75) is 64.3 Å². The van der Waals surface area contributed by atoms with Crippen molar-refractivity contribution < 1.29 is 19.4 Å². The molecule has 1 saturated carbocycles. The Morgan fingerprint density at radius 3 is 2.19 bits per heavy atom. The maximum Gasteiger partial charge on any atom is 0.338 e. The van der Waals surface area contributed by atoms with Crippen molar-refractivity contribution in [1.29, 1.82) is 0 Å². The van der Waals surface area contributed by atoms with E-state index >= 15 is 0 Å². The molecule has 0 spiro atoms. The number of carbonyl (C=O) groups is 1. The minimum Gasteiger partial charge on any atom is -0.490 e. The predicted molar refractivity (Wildman–Crippen MR) is 80.5 cm³/mol. The molecule has 1 aromatic rings. The first-order valence-electron chi connectivity index (χ1n) is 7.51. The summed E-state index contributed by atoms with van der Waals surface area (Å²) >= 11 is 0. The summed E-state index contributed by atoms with van der Waals surface area (Å²) in [5.41, 5.74) is 0.0335. The highest BCUT2D eigenvalue weighted by Crippen LogP contribution is 2.24. The molecule has 2 rings (SSSR count). The van der Waals surface area contributed by atoms with E-state index in [1.165, 1.54) is 0 Å². The van der Waals surface area contributed by atoms with Crippen LogP contribution in [0.3, 0.4) is 0 Å². The van der Waals surface area contributed by atoms with E-state index in [1.54, 1.807) is 24.3 Å². The molecule has 0 aliphatic heterocycles. The van der Waals surface area contributed by atoms with Gasteiger partial charge < -0.3 is 14.6 Å². The topological polar surface area (TPSA) is 55.8 Å². The summed E-state index contributed by atoms with van der Waals surface area (Å²) in [5.74, 6) is 0.429. The second kappa shape index (κ2) is 6.48. The zero-order valence-corrected chi connectivity index (χ0v) is 13.0. The van der Waals surface area contributed by atoms with Gasteiger partial charge in [0, 0.05) is 0 Å².